The first kappa shape index (κ1) is 13.8. The van der Waals surface area contributed by atoms with Gasteiger partial charge in [-0.15, -0.1) is 0 Å². The van der Waals surface area contributed by atoms with Crippen molar-refractivity contribution < 1.29 is 19.5 Å². The molecule has 0 aromatic rings. The van der Waals surface area contributed by atoms with E-state index < -0.39 is 11.4 Å². The van der Waals surface area contributed by atoms with Crippen LogP contribution in [0.2, 0.25) is 0 Å². The van der Waals surface area contributed by atoms with Crippen molar-refractivity contribution >= 4 is 18.0 Å². The molecule has 0 amide bonds. The maximum atomic E-state index is 11.5. The molecule has 0 aromatic carbocycles. The number of aliphatic carboxylic acids is 1. The molecule has 0 aromatic heterocycles. The zero-order chi connectivity index (χ0) is 12.1. The van der Waals surface area contributed by atoms with Gasteiger partial charge in [-0.25, -0.2) is 0 Å². The summed E-state index contributed by atoms with van der Waals surface area (Å²) in [5.74, 6) is -1.09. The van der Waals surface area contributed by atoms with Gasteiger partial charge in [0.15, 0.2) is 0 Å². The van der Waals surface area contributed by atoms with Gasteiger partial charge in [0.2, 0.25) is 0 Å². The van der Waals surface area contributed by atoms with Crippen LogP contribution in [0.25, 0.3) is 0 Å². The largest absolute Gasteiger partial charge is 0.481 e. The Balaban J connectivity index is 4.64. The van der Waals surface area contributed by atoms with Gasteiger partial charge in [0, 0.05) is 18.3 Å². The number of ketones is 1. The fraction of sp³-hybridized carbons (Fsp3) is 0.727. The maximum absolute atomic E-state index is 11.5. The van der Waals surface area contributed by atoms with Crippen LogP contribution in [0.5, 0.6) is 0 Å². The molecule has 0 radical (unpaired) electrons. The molecule has 0 aliphatic heterocycles. The first-order valence-electron chi connectivity index (χ1n) is 5.01. The average Bonchev–Trinajstić information content (AvgIpc) is 2.14. The molecule has 0 rings (SSSR count). The Morgan fingerprint density at radius 2 is 2.00 bits per heavy atom. The molecule has 2 atom stereocenters. The highest BCUT2D eigenvalue weighted by Gasteiger charge is 2.35. The lowest BCUT2D eigenvalue weighted by Gasteiger charge is -2.31. The Morgan fingerprint density at radius 3 is 2.33 bits per heavy atom. The molecule has 0 heterocycles. The third-order valence-electron chi connectivity index (χ3n) is 3.20. The zero-order valence-corrected chi connectivity index (χ0v) is 9.45. The van der Waals surface area contributed by atoms with Crippen molar-refractivity contribution in [3.63, 3.8) is 0 Å². The minimum absolute atomic E-state index is 0.0424. The number of rotatable bonds is 7. The van der Waals surface area contributed by atoms with Crippen LogP contribution in [0.4, 0.5) is 0 Å². The molecule has 0 bridgehead atoms. The molecule has 4 heteroatoms. The molecule has 86 valence electrons. The summed E-state index contributed by atoms with van der Waals surface area (Å²) in [4.78, 5) is 32.3. The topological polar surface area (TPSA) is 71.4 Å². The standard InChI is InChI=1S/C11H18O4/c1-8(5-7-12)11(3,9(2)13)6-4-10(14)15/h7-8H,4-6H2,1-3H3,(H,14,15). The Morgan fingerprint density at radius 1 is 1.47 bits per heavy atom. The Kier molecular flexibility index (Phi) is 5.19. The van der Waals surface area contributed by atoms with Gasteiger partial charge >= 0.3 is 5.97 Å². The Bertz CT molecular complexity index is 259. The number of carbonyl (C=O) groups is 3. The van der Waals surface area contributed by atoms with Gasteiger partial charge in [-0.05, 0) is 19.3 Å². The van der Waals surface area contributed by atoms with Crippen molar-refractivity contribution in [2.45, 2.75) is 40.0 Å². The van der Waals surface area contributed by atoms with E-state index >= 15 is 0 Å². The number of carboxylic acid groups (broad SMARTS) is 1. The van der Waals surface area contributed by atoms with Crippen LogP contribution < -0.4 is 0 Å². The fourth-order valence-electron chi connectivity index (χ4n) is 1.54. The van der Waals surface area contributed by atoms with Gasteiger partial charge in [0.1, 0.15) is 12.1 Å². The van der Waals surface area contributed by atoms with Gasteiger partial charge in [0.05, 0.1) is 0 Å². The van der Waals surface area contributed by atoms with E-state index in [1.54, 1.807) is 13.8 Å². The Labute approximate surface area is 89.7 Å². The minimum atomic E-state index is -0.916. The highest BCUT2D eigenvalue weighted by Crippen LogP contribution is 2.35. The van der Waals surface area contributed by atoms with Crippen LogP contribution in [0, 0.1) is 11.3 Å². The van der Waals surface area contributed by atoms with E-state index in [1.165, 1.54) is 6.92 Å². The van der Waals surface area contributed by atoms with Gasteiger partial charge in [-0.1, -0.05) is 13.8 Å². The van der Waals surface area contributed by atoms with Crippen LogP contribution in [0.15, 0.2) is 0 Å². The number of hydrogen-bond acceptors (Lipinski definition) is 3. The van der Waals surface area contributed by atoms with E-state index in [-0.39, 0.29) is 31.0 Å². The van der Waals surface area contributed by atoms with E-state index in [1.807, 2.05) is 0 Å². The summed E-state index contributed by atoms with van der Waals surface area (Å²) < 4.78 is 0. The second-order valence-corrected chi connectivity index (χ2v) is 4.17. The van der Waals surface area contributed by atoms with Crippen LogP contribution in [-0.4, -0.2) is 23.1 Å². The number of hydrogen-bond donors (Lipinski definition) is 1. The summed E-state index contributed by atoms with van der Waals surface area (Å²) in [6.07, 6.45) is 1.30. The fourth-order valence-corrected chi connectivity index (χ4v) is 1.54. The predicted octanol–water partition coefficient (Wildman–Crippen LogP) is 1.67. The van der Waals surface area contributed by atoms with Crippen LogP contribution >= 0.6 is 0 Å². The molecule has 0 saturated carbocycles. The summed E-state index contributed by atoms with van der Waals surface area (Å²) in [6.45, 7) is 4.98. The lowest BCUT2D eigenvalue weighted by molar-refractivity contribution is -0.138. The van der Waals surface area contributed by atoms with E-state index in [2.05, 4.69) is 0 Å². The first-order chi connectivity index (χ1) is 6.84. The molecule has 0 aliphatic rings. The molecule has 0 aliphatic carbocycles. The van der Waals surface area contributed by atoms with E-state index in [0.29, 0.717) is 0 Å². The summed E-state index contributed by atoms with van der Waals surface area (Å²) in [5, 5.41) is 8.59. The van der Waals surface area contributed by atoms with Crippen molar-refractivity contribution in [3.05, 3.63) is 0 Å². The Hall–Kier alpha value is -1.19. The van der Waals surface area contributed by atoms with E-state index in [0.717, 1.165) is 6.29 Å². The smallest absolute Gasteiger partial charge is 0.303 e. The summed E-state index contributed by atoms with van der Waals surface area (Å²) in [5.41, 5.74) is -0.709. The highest BCUT2D eigenvalue weighted by atomic mass is 16.4. The van der Waals surface area contributed by atoms with Crippen molar-refractivity contribution in [3.8, 4) is 0 Å². The lowest BCUT2D eigenvalue weighted by atomic mass is 9.70. The predicted molar refractivity (Wildman–Crippen MR) is 55.5 cm³/mol. The van der Waals surface area contributed by atoms with Crippen molar-refractivity contribution in [2.75, 3.05) is 0 Å². The molecular formula is C11H18O4. The van der Waals surface area contributed by atoms with Crippen molar-refractivity contribution in [1.29, 1.82) is 0 Å². The van der Waals surface area contributed by atoms with Gasteiger partial charge in [0.25, 0.3) is 0 Å². The number of carboxylic acids is 1. The molecular weight excluding hydrogens is 196 g/mol. The number of aldehydes is 1. The van der Waals surface area contributed by atoms with Crippen LogP contribution in [0.1, 0.15) is 40.0 Å². The molecule has 2 unspecified atom stereocenters. The average molecular weight is 214 g/mol. The number of Topliss-reactive ketones (excluding diaryl/α,β-unsaturated/α-hetero) is 1. The minimum Gasteiger partial charge on any atom is -0.481 e. The van der Waals surface area contributed by atoms with Gasteiger partial charge in [-0.2, -0.15) is 0 Å². The SMILES string of the molecule is CC(=O)C(C)(CCC(=O)O)C(C)CC=O. The van der Waals surface area contributed by atoms with E-state index in [9.17, 15) is 14.4 Å². The van der Waals surface area contributed by atoms with Gasteiger partial charge < -0.3 is 9.90 Å². The summed E-state index contributed by atoms with van der Waals surface area (Å²) >= 11 is 0. The second-order valence-electron chi connectivity index (χ2n) is 4.17. The highest BCUT2D eigenvalue weighted by molar-refractivity contribution is 5.83. The third-order valence-corrected chi connectivity index (χ3v) is 3.20. The molecule has 0 saturated heterocycles. The normalized spacial score (nSPS) is 16.5. The second kappa shape index (κ2) is 5.63. The first-order valence-corrected chi connectivity index (χ1v) is 5.01. The van der Waals surface area contributed by atoms with Crippen molar-refractivity contribution in [2.24, 2.45) is 11.3 Å². The van der Waals surface area contributed by atoms with Gasteiger partial charge in [-0.3, -0.25) is 9.59 Å². The quantitative estimate of drug-likeness (QED) is 0.654. The summed E-state index contributed by atoms with van der Waals surface area (Å²) in [7, 11) is 0. The molecule has 4 nitrogen and oxygen atoms in total. The third kappa shape index (κ3) is 3.81. The molecule has 15 heavy (non-hydrogen) atoms. The molecule has 1 N–H and O–H groups in total. The summed E-state index contributed by atoms with van der Waals surface area (Å²) in [6, 6.07) is 0. The maximum Gasteiger partial charge on any atom is 0.303 e. The van der Waals surface area contributed by atoms with Crippen molar-refractivity contribution in [1.82, 2.24) is 0 Å². The monoisotopic (exact) mass is 214 g/mol. The number of carbonyl (C=O) groups excluding carboxylic acids is 2. The lowest BCUT2D eigenvalue weighted by Crippen LogP contribution is -2.33. The van der Waals surface area contributed by atoms with Crippen LogP contribution in [0.3, 0.4) is 0 Å². The molecule has 0 fully saturated rings. The van der Waals surface area contributed by atoms with E-state index in [4.69, 9.17) is 5.11 Å². The molecule has 0 spiro atoms. The zero-order valence-electron chi connectivity index (χ0n) is 9.45. The van der Waals surface area contributed by atoms with Crippen LogP contribution in [-0.2, 0) is 14.4 Å².